The molecule has 1 aromatic rings. The van der Waals surface area contributed by atoms with E-state index in [1.54, 1.807) is 6.92 Å². The Balaban J connectivity index is 2.06. The highest BCUT2D eigenvalue weighted by molar-refractivity contribution is 8.00. The summed E-state index contributed by atoms with van der Waals surface area (Å²) in [5.41, 5.74) is -1.35. The van der Waals surface area contributed by atoms with E-state index in [0.717, 1.165) is 22.4 Å². The molecule has 2 unspecified atom stereocenters. The molecule has 0 aliphatic carbocycles. The SMILES string of the molecule is C[C@H]1[C@H](O)[C@@H](COP(=O)(O)OP(=O)(O)OP(=O)(O)O)S[C@H]1n1ccc(=O)[nH]c1=O. The maximum Gasteiger partial charge on any atom is 0.490 e. The van der Waals surface area contributed by atoms with Gasteiger partial charge in [-0.1, -0.05) is 6.92 Å². The van der Waals surface area contributed by atoms with Gasteiger partial charge < -0.3 is 24.7 Å². The van der Waals surface area contributed by atoms with Crippen molar-refractivity contribution in [2.24, 2.45) is 5.92 Å². The van der Waals surface area contributed by atoms with Crippen LogP contribution in [0.1, 0.15) is 12.3 Å². The van der Waals surface area contributed by atoms with Crippen molar-refractivity contribution < 1.29 is 51.5 Å². The molecule has 0 bridgehead atoms. The van der Waals surface area contributed by atoms with Gasteiger partial charge in [0.25, 0.3) is 5.56 Å². The summed E-state index contributed by atoms with van der Waals surface area (Å²) < 4.78 is 46.5. The number of phosphoric ester groups is 1. The number of hydrogen-bond acceptors (Lipinski definition) is 10. The standard InChI is InChI=1S/C10H17N2O13P3S/c1-5-8(14)6(29-9(5)12-3-2-7(13)11-10(12)15)4-23-27(19,20)25-28(21,22)24-26(16,17)18/h2-3,5-6,8-9,14H,4H2,1H3,(H,19,20)(H,21,22)(H,11,13,15)(H2,16,17,18)/t5-,6+,8-,9+/m0/s1. The molecule has 1 aliphatic rings. The molecule has 2 rings (SSSR count). The predicted molar refractivity (Wildman–Crippen MR) is 96.7 cm³/mol. The lowest BCUT2D eigenvalue weighted by Crippen LogP contribution is -2.33. The van der Waals surface area contributed by atoms with Crippen LogP contribution in [-0.4, -0.2) is 52.2 Å². The molecule has 2 heterocycles. The average molecular weight is 498 g/mol. The van der Waals surface area contributed by atoms with Gasteiger partial charge in [-0.2, -0.15) is 8.62 Å². The van der Waals surface area contributed by atoms with Gasteiger partial charge in [0.15, 0.2) is 0 Å². The lowest BCUT2D eigenvalue weighted by Gasteiger charge is -2.19. The van der Waals surface area contributed by atoms with Crippen molar-refractivity contribution in [3.63, 3.8) is 0 Å². The third-order valence-corrected chi connectivity index (χ3v) is 9.13. The molecule has 6 atom stereocenters. The van der Waals surface area contributed by atoms with E-state index in [4.69, 9.17) is 14.7 Å². The summed E-state index contributed by atoms with van der Waals surface area (Å²) in [7, 11) is -16.5. The first-order chi connectivity index (χ1) is 13.1. The van der Waals surface area contributed by atoms with Crippen LogP contribution in [0.4, 0.5) is 0 Å². The molecule has 1 aliphatic heterocycles. The maximum atomic E-state index is 11.9. The lowest BCUT2D eigenvalue weighted by atomic mass is 10.0. The molecule has 19 heteroatoms. The molecule has 0 saturated carbocycles. The van der Waals surface area contributed by atoms with Gasteiger partial charge in [-0.05, 0) is 0 Å². The number of nitrogens with zero attached hydrogens (tertiary/aromatic N) is 1. The van der Waals surface area contributed by atoms with E-state index in [-0.39, 0.29) is 0 Å². The quantitative estimate of drug-likeness (QED) is 0.248. The van der Waals surface area contributed by atoms with Crippen LogP contribution in [0.15, 0.2) is 21.9 Å². The number of aliphatic hydroxyl groups excluding tert-OH is 1. The maximum absolute atomic E-state index is 11.9. The van der Waals surface area contributed by atoms with Crippen molar-refractivity contribution >= 4 is 35.2 Å². The van der Waals surface area contributed by atoms with E-state index in [9.17, 15) is 33.3 Å². The first-order valence-corrected chi connectivity index (χ1v) is 13.0. The van der Waals surface area contributed by atoms with Crippen LogP contribution in [0.25, 0.3) is 0 Å². The molecule has 0 radical (unpaired) electrons. The third-order valence-electron chi connectivity index (χ3n) is 3.63. The number of rotatable bonds is 8. The van der Waals surface area contributed by atoms with Gasteiger partial charge in [0.1, 0.15) is 0 Å². The fraction of sp³-hybridized carbons (Fsp3) is 0.600. The number of thioether (sulfide) groups is 1. The molecule has 1 aromatic heterocycles. The Bertz CT molecular complexity index is 1000. The summed E-state index contributed by atoms with van der Waals surface area (Å²) in [4.78, 5) is 60.6. The van der Waals surface area contributed by atoms with Gasteiger partial charge >= 0.3 is 29.2 Å². The monoisotopic (exact) mass is 498 g/mol. The zero-order valence-electron chi connectivity index (χ0n) is 14.4. The largest absolute Gasteiger partial charge is 0.490 e. The summed E-state index contributed by atoms with van der Waals surface area (Å²) in [5.74, 6) is -0.571. The Hall–Kier alpha value is -0.600. The number of phosphoric acid groups is 3. The van der Waals surface area contributed by atoms with Crippen LogP contribution in [0.5, 0.6) is 0 Å². The number of aliphatic hydroxyl groups is 1. The van der Waals surface area contributed by atoms with E-state index < -0.39 is 64.0 Å². The molecular formula is C10H17N2O13P3S. The van der Waals surface area contributed by atoms with Gasteiger partial charge in [0, 0.05) is 18.2 Å². The third kappa shape index (κ3) is 6.96. The molecule has 0 aromatic carbocycles. The Morgan fingerprint density at radius 1 is 1.14 bits per heavy atom. The van der Waals surface area contributed by atoms with Crippen molar-refractivity contribution in [3.05, 3.63) is 33.1 Å². The summed E-state index contributed by atoms with van der Waals surface area (Å²) in [6.45, 7) is 0.874. The van der Waals surface area contributed by atoms with Crippen LogP contribution < -0.4 is 11.2 Å². The number of aromatic nitrogens is 2. The Morgan fingerprint density at radius 2 is 1.76 bits per heavy atom. The summed E-state index contributed by atoms with van der Waals surface area (Å²) in [6.07, 6.45) is 0.0587. The van der Waals surface area contributed by atoms with Crippen molar-refractivity contribution in [2.75, 3.05) is 6.61 Å². The number of aromatic amines is 1. The van der Waals surface area contributed by atoms with E-state index >= 15 is 0 Å². The van der Waals surface area contributed by atoms with Gasteiger partial charge in [-0.25, -0.2) is 18.5 Å². The summed E-state index contributed by atoms with van der Waals surface area (Å²) in [6, 6.07) is 1.10. The van der Waals surface area contributed by atoms with E-state index in [2.05, 4.69) is 18.1 Å². The minimum absolute atomic E-state index is 0.571. The summed E-state index contributed by atoms with van der Waals surface area (Å²) >= 11 is 0.959. The predicted octanol–water partition coefficient (Wildman–Crippen LogP) is -0.509. The van der Waals surface area contributed by atoms with E-state index in [1.807, 2.05) is 0 Å². The first-order valence-electron chi connectivity index (χ1n) is 7.53. The van der Waals surface area contributed by atoms with Crippen molar-refractivity contribution in [1.29, 1.82) is 0 Å². The topological polar surface area (TPSA) is 235 Å². The lowest BCUT2D eigenvalue weighted by molar-refractivity contribution is 0.0921. The van der Waals surface area contributed by atoms with Crippen molar-refractivity contribution in [2.45, 2.75) is 23.7 Å². The Labute approximate surface area is 166 Å². The highest BCUT2D eigenvalue weighted by Crippen LogP contribution is 2.66. The fourth-order valence-electron chi connectivity index (χ4n) is 2.45. The molecule has 15 nitrogen and oxygen atoms in total. The minimum Gasteiger partial charge on any atom is -0.391 e. The summed E-state index contributed by atoms with van der Waals surface area (Å²) in [5, 5.41) is 8.70. The second-order valence-corrected chi connectivity index (χ2v) is 11.6. The molecular weight excluding hydrogens is 481 g/mol. The van der Waals surface area contributed by atoms with Crippen LogP contribution >= 0.6 is 35.2 Å². The Morgan fingerprint density at radius 3 is 2.31 bits per heavy atom. The van der Waals surface area contributed by atoms with E-state index in [0.29, 0.717) is 0 Å². The van der Waals surface area contributed by atoms with Crippen LogP contribution in [0.3, 0.4) is 0 Å². The van der Waals surface area contributed by atoms with Crippen LogP contribution in [0, 0.1) is 5.92 Å². The van der Waals surface area contributed by atoms with Crippen LogP contribution in [0.2, 0.25) is 0 Å². The van der Waals surface area contributed by atoms with Gasteiger partial charge in [-0.15, -0.1) is 11.8 Å². The van der Waals surface area contributed by atoms with Gasteiger partial charge in [0.2, 0.25) is 0 Å². The number of H-pyrrole nitrogens is 1. The second-order valence-electron chi connectivity index (χ2n) is 5.82. The molecule has 6 N–H and O–H groups in total. The molecule has 1 fully saturated rings. The number of hydrogen-bond donors (Lipinski definition) is 6. The fourth-order valence-corrected chi connectivity index (χ4v) is 7.21. The van der Waals surface area contributed by atoms with Gasteiger partial charge in [0.05, 0.1) is 23.3 Å². The average Bonchev–Trinajstić information content (AvgIpc) is 2.78. The Kier molecular flexibility index (Phi) is 7.54. The first kappa shape index (κ1) is 24.7. The second kappa shape index (κ2) is 8.87. The molecule has 0 spiro atoms. The smallest absolute Gasteiger partial charge is 0.391 e. The molecule has 166 valence electrons. The normalized spacial score (nSPS) is 29.3. The van der Waals surface area contributed by atoms with Crippen LogP contribution in [-0.2, 0) is 26.8 Å². The molecule has 29 heavy (non-hydrogen) atoms. The highest BCUT2D eigenvalue weighted by Gasteiger charge is 2.45. The van der Waals surface area contributed by atoms with Crippen molar-refractivity contribution in [1.82, 2.24) is 9.55 Å². The zero-order valence-corrected chi connectivity index (χ0v) is 17.9. The highest BCUT2D eigenvalue weighted by atomic mass is 32.2. The molecule has 0 amide bonds. The zero-order chi connectivity index (χ0) is 22.2. The number of nitrogens with one attached hydrogen (secondary N) is 1. The minimum atomic E-state index is -5.65. The van der Waals surface area contributed by atoms with Gasteiger partial charge in [-0.3, -0.25) is 18.9 Å². The molecule has 1 saturated heterocycles. The van der Waals surface area contributed by atoms with Crippen molar-refractivity contribution in [3.8, 4) is 0 Å². The van der Waals surface area contributed by atoms with E-state index in [1.165, 1.54) is 6.20 Å².